The van der Waals surface area contributed by atoms with Gasteiger partial charge in [0.05, 0.1) is 5.02 Å². The molecule has 0 aromatic heterocycles. The van der Waals surface area contributed by atoms with E-state index in [0.717, 1.165) is 5.56 Å². The number of ketones is 1. The van der Waals surface area contributed by atoms with Gasteiger partial charge in [-0.2, -0.15) is 0 Å². The quantitative estimate of drug-likeness (QED) is 0.751. The van der Waals surface area contributed by atoms with Crippen LogP contribution >= 0.6 is 11.6 Å². The molecule has 0 atom stereocenters. The van der Waals surface area contributed by atoms with Gasteiger partial charge in [-0.3, -0.25) is 4.79 Å². The lowest BCUT2D eigenvalue weighted by molar-refractivity contribution is -0.118. The standard InChI is InChI=1S/C11H12ClFO/c1-2-9(14)5-3-8-4-6-11(13)10(12)7-8/h4,6-7H,2-3,5H2,1H3. The van der Waals surface area contributed by atoms with E-state index < -0.39 is 5.82 Å². The van der Waals surface area contributed by atoms with Crippen molar-refractivity contribution in [3.05, 3.63) is 34.6 Å². The predicted molar refractivity (Wildman–Crippen MR) is 55.0 cm³/mol. The van der Waals surface area contributed by atoms with E-state index in [0.29, 0.717) is 19.3 Å². The number of Topliss-reactive ketones (excluding diaryl/α,β-unsaturated/α-hetero) is 1. The van der Waals surface area contributed by atoms with Gasteiger partial charge in [-0.1, -0.05) is 24.6 Å². The largest absolute Gasteiger partial charge is 0.300 e. The second kappa shape index (κ2) is 5.11. The SMILES string of the molecule is CCC(=O)CCc1ccc(F)c(Cl)c1. The minimum atomic E-state index is -0.419. The summed E-state index contributed by atoms with van der Waals surface area (Å²) in [6.07, 6.45) is 1.68. The molecule has 0 unspecified atom stereocenters. The number of carbonyl (C=O) groups excluding carboxylic acids is 1. The Bertz CT molecular complexity index is 336. The zero-order chi connectivity index (χ0) is 10.6. The van der Waals surface area contributed by atoms with Crippen LogP contribution in [0.5, 0.6) is 0 Å². The highest BCUT2D eigenvalue weighted by Crippen LogP contribution is 2.17. The van der Waals surface area contributed by atoms with E-state index in [1.807, 2.05) is 6.92 Å². The molecule has 0 saturated carbocycles. The van der Waals surface area contributed by atoms with E-state index in [2.05, 4.69) is 0 Å². The number of benzene rings is 1. The molecule has 0 heterocycles. The Balaban J connectivity index is 2.60. The lowest BCUT2D eigenvalue weighted by Crippen LogP contribution is -1.97. The third-order valence-corrected chi connectivity index (χ3v) is 2.36. The Labute approximate surface area is 87.9 Å². The van der Waals surface area contributed by atoms with Crippen LogP contribution in [0.4, 0.5) is 4.39 Å². The van der Waals surface area contributed by atoms with Gasteiger partial charge in [0.15, 0.2) is 0 Å². The highest BCUT2D eigenvalue weighted by molar-refractivity contribution is 6.30. The lowest BCUT2D eigenvalue weighted by atomic mass is 10.1. The van der Waals surface area contributed by atoms with E-state index in [1.54, 1.807) is 12.1 Å². The number of rotatable bonds is 4. The fraction of sp³-hybridized carbons (Fsp3) is 0.364. The van der Waals surface area contributed by atoms with Crippen LogP contribution in [0.2, 0.25) is 5.02 Å². The van der Waals surface area contributed by atoms with Gasteiger partial charge in [-0.05, 0) is 24.1 Å². The molecule has 0 N–H and O–H groups in total. The molecule has 1 rings (SSSR count). The maximum absolute atomic E-state index is 12.8. The van der Waals surface area contributed by atoms with Crippen LogP contribution in [0.15, 0.2) is 18.2 Å². The molecule has 0 aliphatic carbocycles. The zero-order valence-corrected chi connectivity index (χ0v) is 8.77. The molecular weight excluding hydrogens is 203 g/mol. The van der Waals surface area contributed by atoms with Crippen LogP contribution in [0.3, 0.4) is 0 Å². The molecular formula is C11H12ClFO. The molecule has 14 heavy (non-hydrogen) atoms. The number of hydrogen-bond acceptors (Lipinski definition) is 1. The van der Waals surface area contributed by atoms with Crippen molar-refractivity contribution >= 4 is 17.4 Å². The van der Waals surface area contributed by atoms with Crippen molar-refractivity contribution in [2.24, 2.45) is 0 Å². The number of hydrogen-bond donors (Lipinski definition) is 0. The molecule has 0 aliphatic rings. The normalized spacial score (nSPS) is 10.2. The van der Waals surface area contributed by atoms with Gasteiger partial charge < -0.3 is 0 Å². The maximum atomic E-state index is 12.8. The monoisotopic (exact) mass is 214 g/mol. The molecule has 76 valence electrons. The molecule has 1 nitrogen and oxygen atoms in total. The summed E-state index contributed by atoms with van der Waals surface area (Å²) >= 11 is 5.60. The van der Waals surface area contributed by atoms with Gasteiger partial charge in [-0.25, -0.2) is 4.39 Å². The summed E-state index contributed by atoms with van der Waals surface area (Å²) in [5, 5.41) is 0.117. The number of carbonyl (C=O) groups is 1. The summed E-state index contributed by atoms with van der Waals surface area (Å²) in [5.74, 6) is -0.206. The first kappa shape index (κ1) is 11.2. The van der Waals surface area contributed by atoms with Gasteiger partial charge in [0.2, 0.25) is 0 Å². The van der Waals surface area contributed by atoms with Crippen LogP contribution in [0.25, 0.3) is 0 Å². The summed E-state index contributed by atoms with van der Waals surface area (Å²) in [6, 6.07) is 4.55. The second-order valence-corrected chi connectivity index (χ2v) is 3.55. The van der Waals surface area contributed by atoms with Crippen LogP contribution in [-0.2, 0) is 11.2 Å². The average molecular weight is 215 g/mol. The zero-order valence-electron chi connectivity index (χ0n) is 8.02. The van der Waals surface area contributed by atoms with Crippen molar-refractivity contribution in [3.8, 4) is 0 Å². The number of aryl methyl sites for hydroxylation is 1. The molecule has 3 heteroatoms. The van der Waals surface area contributed by atoms with Crippen LogP contribution < -0.4 is 0 Å². The Hall–Kier alpha value is -0.890. The van der Waals surface area contributed by atoms with Gasteiger partial charge in [-0.15, -0.1) is 0 Å². The van der Waals surface area contributed by atoms with E-state index in [9.17, 15) is 9.18 Å². The summed E-state index contributed by atoms with van der Waals surface area (Å²) in [5.41, 5.74) is 0.901. The predicted octanol–water partition coefficient (Wildman–Crippen LogP) is 3.39. The first-order valence-electron chi connectivity index (χ1n) is 4.59. The molecule has 0 bridgehead atoms. The van der Waals surface area contributed by atoms with Crippen LogP contribution in [0, 0.1) is 5.82 Å². The molecule has 0 radical (unpaired) electrons. The van der Waals surface area contributed by atoms with Crippen LogP contribution in [-0.4, -0.2) is 5.78 Å². The van der Waals surface area contributed by atoms with E-state index in [1.165, 1.54) is 6.07 Å². The number of halogens is 2. The Morgan fingerprint density at radius 3 is 2.79 bits per heavy atom. The van der Waals surface area contributed by atoms with Crippen molar-refractivity contribution in [1.82, 2.24) is 0 Å². The van der Waals surface area contributed by atoms with Crippen molar-refractivity contribution in [3.63, 3.8) is 0 Å². The summed E-state index contributed by atoms with van der Waals surface area (Å²) < 4.78 is 12.8. The van der Waals surface area contributed by atoms with Crippen molar-refractivity contribution in [1.29, 1.82) is 0 Å². The molecule has 0 fully saturated rings. The van der Waals surface area contributed by atoms with Gasteiger partial charge in [0, 0.05) is 12.8 Å². The van der Waals surface area contributed by atoms with Gasteiger partial charge >= 0.3 is 0 Å². The maximum Gasteiger partial charge on any atom is 0.141 e. The van der Waals surface area contributed by atoms with Crippen molar-refractivity contribution < 1.29 is 9.18 Å². The molecule has 0 spiro atoms. The van der Waals surface area contributed by atoms with E-state index in [-0.39, 0.29) is 10.8 Å². The molecule has 0 saturated heterocycles. The second-order valence-electron chi connectivity index (χ2n) is 3.14. The topological polar surface area (TPSA) is 17.1 Å². The van der Waals surface area contributed by atoms with Crippen LogP contribution in [0.1, 0.15) is 25.3 Å². The molecule has 0 aliphatic heterocycles. The van der Waals surface area contributed by atoms with Crippen molar-refractivity contribution in [2.45, 2.75) is 26.2 Å². The smallest absolute Gasteiger partial charge is 0.141 e. The molecule has 1 aromatic rings. The third kappa shape index (κ3) is 3.11. The Morgan fingerprint density at radius 1 is 1.50 bits per heavy atom. The Morgan fingerprint density at radius 2 is 2.21 bits per heavy atom. The fourth-order valence-corrected chi connectivity index (χ4v) is 1.36. The third-order valence-electron chi connectivity index (χ3n) is 2.07. The minimum Gasteiger partial charge on any atom is -0.300 e. The lowest BCUT2D eigenvalue weighted by Gasteiger charge is -2.01. The highest BCUT2D eigenvalue weighted by Gasteiger charge is 2.03. The highest BCUT2D eigenvalue weighted by atomic mass is 35.5. The Kier molecular flexibility index (Phi) is 4.08. The van der Waals surface area contributed by atoms with Gasteiger partial charge in [0.25, 0.3) is 0 Å². The first-order valence-corrected chi connectivity index (χ1v) is 4.97. The summed E-state index contributed by atoms with van der Waals surface area (Å²) in [7, 11) is 0. The minimum absolute atomic E-state index is 0.117. The molecule has 0 amide bonds. The summed E-state index contributed by atoms with van der Waals surface area (Å²) in [4.78, 5) is 11.0. The van der Waals surface area contributed by atoms with Crippen molar-refractivity contribution in [2.75, 3.05) is 0 Å². The van der Waals surface area contributed by atoms with E-state index in [4.69, 9.17) is 11.6 Å². The van der Waals surface area contributed by atoms with E-state index >= 15 is 0 Å². The molecule has 1 aromatic carbocycles. The average Bonchev–Trinajstić information content (AvgIpc) is 2.19. The summed E-state index contributed by atoms with van der Waals surface area (Å²) in [6.45, 7) is 1.83. The van der Waals surface area contributed by atoms with Gasteiger partial charge in [0.1, 0.15) is 11.6 Å². The first-order chi connectivity index (χ1) is 6.63. The fourth-order valence-electron chi connectivity index (χ4n) is 1.16.